The average Bonchev–Trinajstić information content (AvgIpc) is 2.15. The van der Waals surface area contributed by atoms with Crippen LogP contribution in [-0.2, 0) is 4.79 Å². The molecule has 0 aromatic carbocycles. The number of aliphatic hydroxyl groups is 1. The van der Waals surface area contributed by atoms with E-state index in [1.807, 2.05) is 0 Å². The molecule has 1 heterocycles. The van der Waals surface area contributed by atoms with E-state index in [-0.39, 0.29) is 11.7 Å². The lowest BCUT2D eigenvalue weighted by molar-refractivity contribution is -0.119. The third-order valence-electron chi connectivity index (χ3n) is 1.70. The summed E-state index contributed by atoms with van der Waals surface area (Å²) in [5, 5.41) is 11.8. The van der Waals surface area contributed by atoms with Crippen LogP contribution in [0, 0.1) is 0 Å². The summed E-state index contributed by atoms with van der Waals surface area (Å²) in [5.74, 6) is -0.331. The van der Waals surface area contributed by atoms with Crippen molar-refractivity contribution in [1.29, 1.82) is 0 Å². The van der Waals surface area contributed by atoms with Crippen molar-refractivity contribution < 1.29 is 9.90 Å². The molecular formula is C10H12N2O2. The Balaban J connectivity index is 2.89. The fraction of sp³-hybridized carbons (Fsp3) is 0.200. The molecular weight excluding hydrogens is 180 g/mol. The highest BCUT2D eigenvalue weighted by atomic mass is 16.3. The Kier molecular flexibility index (Phi) is 3.23. The summed E-state index contributed by atoms with van der Waals surface area (Å²) in [6, 6.07) is 2.91. The maximum atomic E-state index is 10.8. The molecule has 1 amide bonds. The van der Waals surface area contributed by atoms with Gasteiger partial charge in [-0.25, -0.2) is 0 Å². The van der Waals surface area contributed by atoms with Crippen molar-refractivity contribution in [3.8, 4) is 0 Å². The van der Waals surface area contributed by atoms with Gasteiger partial charge in [0.05, 0.1) is 0 Å². The average molecular weight is 192 g/mol. The van der Waals surface area contributed by atoms with Gasteiger partial charge in [-0.15, -0.1) is 0 Å². The van der Waals surface area contributed by atoms with E-state index in [0.717, 1.165) is 0 Å². The van der Waals surface area contributed by atoms with Crippen molar-refractivity contribution in [3.05, 3.63) is 42.4 Å². The maximum Gasteiger partial charge on any atom is 0.217 e. The van der Waals surface area contributed by atoms with Crippen molar-refractivity contribution in [3.63, 3.8) is 0 Å². The molecule has 1 atom stereocenters. The van der Waals surface area contributed by atoms with E-state index in [1.54, 1.807) is 24.5 Å². The van der Waals surface area contributed by atoms with Gasteiger partial charge in [0.1, 0.15) is 11.8 Å². The monoisotopic (exact) mass is 192 g/mol. The Bertz CT molecular complexity index is 335. The van der Waals surface area contributed by atoms with Gasteiger partial charge in [0.25, 0.3) is 0 Å². The largest absolute Gasteiger partial charge is 0.510 e. The van der Waals surface area contributed by atoms with Gasteiger partial charge in [-0.3, -0.25) is 9.78 Å². The molecule has 1 aromatic rings. The fourth-order valence-corrected chi connectivity index (χ4v) is 1.11. The highest BCUT2D eigenvalue weighted by molar-refractivity contribution is 5.73. The topological polar surface area (TPSA) is 62.2 Å². The smallest absolute Gasteiger partial charge is 0.217 e. The molecule has 0 aliphatic heterocycles. The Morgan fingerprint density at radius 2 is 2.43 bits per heavy atom. The summed E-state index contributed by atoms with van der Waals surface area (Å²) in [6.45, 7) is 4.78. The Morgan fingerprint density at radius 3 is 2.86 bits per heavy atom. The van der Waals surface area contributed by atoms with E-state index in [9.17, 15) is 9.90 Å². The molecule has 0 bridgehead atoms. The van der Waals surface area contributed by atoms with Gasteiger partial charge in [-0.1, -0.05) is 12.6 Å². The van der Waals surface area contributed by atoms with Crippen LogP contribution in [-0.4, -0.2) is 16.0 Å². The highest BCUT2D eigenvalue weighted by Gasteiger charge is 2.15. The number of carbonyl (C=O) groups is 1. The molecule has 4 nitrogen and oxygen atoms in total. The number of hydrogen-bond acceptors (Lipinski definition) is 3. The molecule has 0 radical (unpaired) electrons. The Hall–Kier alpha value is -1.84. The molecule has 0 saturated carbocycles. The molecule has 0 fully saturated rings. The van der Waals surface area contributed by atoms with Gasteiger partial charge in [-0.2, -0.15) is 0 Å². The minimum Gasteiger partial charge on any atom is -0.510 e. The van der Waals surface area contributed by atoms with Crippen LogP contribution >= 0.6 is 0 Å². The quantitative estimate of drug-likeness (QED) is 0.710. The molecule has 0 spiro atoms. The van der Waals surface area contributed by atoms with E-state index in [0.29, 0.717) is 5.56 Å². The van der Waals surface area contributed by atoms with Crippen LogP contribution < -0.4 is 5.32 Å². The maximum absolute atomic E-state index is 10.8. The van der Waals surface area contributed by atoms with Gasteiger partial charge in [-0.05, 0) is 6.07 Å². The highest BCUT2D eigenvalue weighted by Crippen LogP contribution is 2.16. The molecule has 0 aliphatic carbocycles. The molecule has 0 aliphatic rings. The third kappa shape index (κ3) is 2.58. The van der Waals surface area contributed by atoms with Crippen molar-refractivity contribution in [1.82, 2.24) is 10.3 Å². The zero-order valence-electron chi connectivity index (χ0n) is 7.90. The lowest BCUT2D eigenvalue weighted by Gasteiger charge is -2.16. The number of carbonyl (C=O) groups excluding carboxylic acids is 1. The number of hydrogen-bond donors (Lipinski definition) is 2. The molecule has 2 N–H and O–H groups in total. The first kappa shape index (κ1) is 10.2. The summed E-state index contributed by atoms with van der Waals surface area (Å²) >= 11 is 0. The summed E-state index contributed by atoms with van der Waals surface area (Å²) in [4.78, 5) is 14.7. The van der Waals surface area contributed by atoms with Gasteiger partial charge >= 0.3 is 0 Å². The second kappa shape index (κ2) is 4.41. The van der Waals surface area contributed by atoms with Crippen molar-refractivity contribution in [2.45, 2.75) is 13.0 Å². The normalized spacial score (nSPS) is 11.8. The number of nitrogens with zero attached hydrogens (tertiary/aromatic N) is 1. The minimum atomic E-state index is -0.582. The van der Waals surface area contributed by atoms with E-state index in [1.165, 1.54) is 6.92 Å². The van der Waals surface area contributed by atoms with Gasteiger partial charge in [0.15, 0.2) is 0 Å². The van der Waals surface area contributed by atoms with Crippen LogP contribution in [0.25, 0.3) is 0 Å². The summed E-state index contributed by atoms with van der Waals surface area (Å²) in [7, 11) is 0. The fourth-order valence-electron chi connectivity index (χ4n) is 1.11. The summed E-state index contributed by atoms with van der Waals surface area (Å²) in [6.07, 6.45) is 3.19. The van der Waals surface area contributed by atoms with Gasteiger partial charge in [0.2, 0.25) is 5.91 Å². The third-order valence-corrected chi connectivity index (χ3v) is 1.70. The summed E-state index contributed by atoms with van der Waals surface area (Å²) < 4.78 is 0. The molecule has 14 heavy (non-hydrogen) atoms. The second-order valence-electron chi connectivity index (χ2n) is 2.91. The van der Waals surface area contributed by atoms with Crippen LogP contribution in [0.5, 0.6) is 0 Å². The molecule has 0 saturated heterocycles. The molecule has 1 rings (SSSR count). The zero-order valence-corrected chi connectivity index (χ0v) is 7.90. The van der Waals surface area contributed by atoms with E-state index in [2.05, 4.69) is 16.9 Å². The van der Waals surface area contributed by atoms with Crippen LogP contribution in [0.1, 0.15) is 18.5 Å². The van der Waals surface area contributed by atoms with E-state index in [4.69, 9.17) is 0 Å². The molecule has 74 valence electrons. The number of nitrogens with one attached hydrogen (secondary N) is 1. The molecule has 1 aromatic heterocycles. The SMILES string of the molecule is C=C(O)[C@H](NC(C)=O)c1cccnc1. The van der Waals surface area contributed by atoms with Crippen LogP contribution in [0.3, 0.4) is 0 Å². The van der Waals surface area contributed by atoms with Gasteiger partial charge < -0.3 is 10.4 Å². The number of aromatic nitrogens is 1. The lowest BCUT2D eigenvalue weighted by atomic mass is 10.1. The number of amides is 1. The number of aliphatic hydroxyl groups excluding tert-OH is 1. The van der Waals surface area contributed by atoms with Crippen molar-refractivity contribution >= 4 is 5.91 Å². The Labute approximate surface area is 82.3 Å². The van der Waals surface area contributed by atoms with Crippen molar-refractivity contribution in [2.24, 2.45) is 0 Å². The predicted molar refractivity (Wildman–Crippen MR) is 52.6 cm³/mol. The number of rotatable bonds is 3. The standard InChI is InChI=1S/C10H12N2O2/c1-7(13)10(12-8(2)14)9-4-3-5-11-6-9/h3-6,10,13H,1H2,2H3,(H,12,14)/t10-/m0/s1. The number of pyridine rings is 1. The zero-order chi connectivity index (χ0) is 10.6. The second-order valence-corrected chi connectivity index (χ2v) is 2.91. The van der Waals surface area contributed by atoms with E-state index < -0.39 is 6.04 Å². The van der Waals surface area contributed by atoms with Crippen LogP contribution in [0.2, 0.25) is 0 Å². The van der Waals surface area contributed by atoms with Crippen molar-refractivity contribution in [2.75, 3.05) is 0 Å². The first-order valence-corrected chi connectivity index (χ1v) is 4.16. The van der Waals surface area contributed by atoms with Gasteiger partial charge in [0, 0.05) is 24.9 Å². The first-order chi connectivity index (χ1) is 6.61. The Morgan fingerprint density at radius 1 is 1.71 bits per heavy atom. The predicted octanol–water partition coefficient (Wildman–Crippen LogP) is 1.33. The lowest BCUT2D eigenvalue weighted by Crippen LogP contribution is -2.27. The first-order valence-electron chi connectivity index (χ1n) is 4.16. The van der Waals surface area contributed by atoms with E-state index >= 15 is 0 Å². The van der Waals surface area contributed by atoms with Crippen LogP contribution in [0.4, 0.5) is 0 Å². The minimum absolute atomic E-state index is 0.104. The van der Waals surface area contributed by atoms with Crippen LogP contribution in [0.15, 0.2) is 36.9 Å². The summed E-state index contributed by atoms with van der Waals surface area (Å²) in [5.41, 5.74) is 0.704. The molecule has 0 unspecified atom stereocenters. The molecule has 4 heteroatoms.